The van der Waals surface area contributed by atoms with E-state index in [0.29, 0.717) is 74.6 Å². The number of ether oxygens (including phenoxy) is 1. The molecule has 1 aromatic carbocycles. The van der Waals surface area contributed by atoms with Crippen molar-refractivity contribution in [1.82, 2.24) is 0 Å². The summed E-state index contributed by atoms with van der Waals surface area (Å²) in [6, 6.07) is 5.45. The SMILES string of the molecule is CC(C)C(C)C1OC1C1(O)CC=CC2CC3C4=CC(=O)C5(CSSCC6CCCC(CO)C67CCN(C7=O)c6cc(O)cc(c6)CCC26C1CCC46O)CC(O)C(O)CC35C. The van der Waals surface area contributed by atoms with Crippen LogP contribution in [0.5, 0.6) is 5.75 Å². The minimum absolute atomic E-state index is 0.00455. The Bertz CT molecular complexity index is 2030. The molecule has 10 nitrogen and oxygen atoms in total. The predicted molar refractivity (Wildman–Crippen MR) is 237 cm³/mol. The Morgan fingerprint density at radius 3 is 2.54 bits per heavy atom. The minimum Gasteiger partial charge on any atom is -0.508 e. The van der Waals surface area contributed by atoms with E-state index in [2.05, 4.69) is 39.8 Å². The van der Waals surface area contributed by atoms with Crippen LogP contribution >= 0.6 is 21.6 Å². The maximum absolute atomic E-state index is 15.3. The molecule has 12 rings (SSSR count). The summed E-state index contributed by atoms with van der Waals surface area (Å²) in [6.45, 7) is 9.10. The van der Waals surface area contributed by atoms with Gasteiger partial charge in [-0.15, -0.1) is 0 Å². The monoisotopic (exact) mass is 877 g/mol. The van der Waals surface area contributed by atoms with Gasteiger partial charge in [0.05, 0.1) is 34.7 Å². The number of aliphatic hydroxyl groups excluding tert-OH is 3. The molecule has 6 N–H and O–H groups in total. The normalized spacial score (nSPS) is 48.4. The molecule has 16 unspecified atom stereocenters. The first kappa shape index (κ1) is 43.0. The van der Waals surface area contributed by atoms with Crippen LogP contribution in [0.2, 0.25) is 0 Å². The molecule has 11 aliphatic rings. The van der Waals surface area contributed by atoms with Gasteiger partial charge in [0.25, 0.3) is 0 Å². The number of aliphatic hydroxyl groups is 5. The highest BCUT2D eigenvalue weighted by molar-refractivity contribution is 8.76. The number of phenolic OH excluding ortho intramolecular Hbond substituents is 1. The zero-order chi connectivity index (χ0) is 43.1. The second-order valence-electron chi connectivity index (χ2n) is 21.8. The summed E-state index contributed by atoms with van der Waals surface area (Å²) in [5.74, 6) is 0.665. The number of phenols is 1. The molecule has 8 bridgehead atoms. The highest BCUT2D eigenvalue weighted by Crippen LogP contribution is 2.75. The zero-order valence-corrected chi connectivity index (χ0v) is 37.9. The zero-order valence-electron chi connectivity index (χ0n) is 36.3. The number of aromatic hydroxyl groups is 1. The number of nitrogens with zero attached hydrogens (tertiary/aromatic N) is 1. The Hall–Kier alpha value is -1.90. The van der Waals surface area contributed by atoms with E-state index in [9.17, 15) is 35.4 Å². The number of benzene rings is 1. The molecule has 6 fully saturated rings. The second-order valence-corrected chi connectivity index (χ2v) is 24.3. The number of carbonyl (C=O) groups excluding carboxylic acids is 2. The standard InChI is InChI=1S/C49H67NO9S2/c1-27(2)28(3)41-42(59-41)48(57)12-6-9-30-19-35-36-21-40(55)45(23-38(54)37(53)22-44(35,45)4)26-61-60-25-32-8-5-7-31(24-51)46(32)15-16-50(43(46)56)33-17-29(18-34(52)20-33)10-13-47(30)39(48)11-14-49(36,47)58/h6,9,17-18,20-21,27-28,30-32,35,37-39,41-42,51-54,57-58H,5,7-8,10-16,19,22-26H2,1-4H3. The van der Waals surface area contributed by atoms with Crippen molar-refractivity contribution in [2.24, 2.45) is 63.1 Å². The van der Waals surface area contributed by atoms with Gasteiger partial charge in [0, 0.05) is 47.7 Å². The molecular formula is C49H67NO9S2. The number of anilines is 1. The molecule has 4 saturated carbocycles. The van der Waals surface area contributed by atoms with E-state index in [-0.39, 0.29) is 78.5 Å². The van der Waals surface area contributed by atoms with Crippen molar-refractivity contribution in [2.75, 3.05) is 29.6 Å². The summed E-state index contributed by atoms with van der Waals surface area (Å²) in [7, 11) is 3.30. The van der Waals surface area contributed by atoms with Gasteiger partial charge in [-0.25, -0.2) is 0 Å². The molecule has 2 saturated heterocycles. The summed E-state index contributed by atoms with van der Waals surface area (Å²) in [6.07, 6.45) is 9.92. The van der Waals surface area contributed by atoms with E-state index in [1.54, 1.807) is 39.8 Å². The van der Waals surface area contributed by atoms with E-state index < -0.39 is 51.2 Å². The highest BCUT2D eigenvalue weighted by atomic mass is 33.1. The Balaban J connectivity index is 1.14. The molecule has 12 heteroatoms. The van der Waals surface area contributed by atoms with Gasteiger partial charge < -0.3 is 40.3 Å². The lowest BCUT2D eigenvalue weighted by molar-refractivity contribution is -0.194. The number of rotatable bonds is 4. The van der Waals surface area contributed by atoms with Gasteiger partial charge in [0.15, 0.2) is 5.78 Å². The Morgan fingerprint density at radius 2 is 1.77 bits per heavy atom. The smallest absolute Gasteiger partial charge is 0.233 e. The average molecular weight is 878 g/mol. The predicted octanol–water partition coefficient (Wildman–Crippen LogP) is 6.38. The van der Waals surface area contributed by atoms with Crippen molar-refractivity contribution >= 4 is 39.0 Å². The molecule has 61 heavy (non-hydrogen) atoms. The largest absolute Gasteiger partial charge is 0.508 e. The Morgan fingerprint density at radius 1 is 0.984 bits per heavy atom. The Kier molecular flexibility index (Phi) is 10.4. The molecule has 1 aromatic rings. The number of ketones is 1. The number of carbonyl (C=O) groups is 2. The number of hydrogen-bond acceptors (Lipinski definition) is 11. The fraction of sp³-hybridized carbons (Fsp3) is 0.755. The maximum atomic E-state index is 15.3. The first-order chi connectivity index (χ1) is 29.0. The summed E-state index contributed by atoms with van der Waals surface area (Å²) in [5.41, 5.74) is -3.97. The topological polar surface area (TPSA) is 171 Å². The molecule has 5 heterocycles. The van der Waals surface area contributed by atoms with Crippen LogP contribution in [0.15, 0.2) is 42.0 Å². The lowest BCUT2D eigenvalue weighted by Gasteiger charge is -2.66. The van der Waals surface area contributed by atoms with Crippen molar-refractivity contribution in [3.8, 4) is 5.75 Å². The van der Waals surface area contributed by atoms with E-state index in [1.165, 1.54) is 0 Å². The molecule has 0 aromatic heterocycles. The number of amides is 1. The molecule has 16 atom stereocenters. The third-order valence-electron chi connectivity index (χ3n) is 19.4. The molecule has 1 amide bonds. The maximum Gasteiger partial charge on any atom is 0.233 e. The molecule has 334 valence electrons. The van der Waals surface area contributed by atoms with Crippen LogP contribution in [-0.4, -0.2) is 103 Å². The van der Waals surface area contributed by atoms with Gasteiger partial charge in [-0.3, -0.25) is 9.59 Å². The fourth-order valence-electron chi connectivity index (χ4n) is 15.7. The minimum atomic E-state index is -1.47. The van der Waals surface area contributed by atoms with Crippen LogP contribution in [0.3, 0.4) is 0 Å². The third kappa shape index (κ3) is 5.83. The number of hydrogen-bond donors (Lipinski definition) is 6. The van der Waals surface area contributed by atoms with Crippen LogP contribution < -0.4 is 4.90 Å². The van der Waals surface area contributed by atoms with E-state index in [0.717, 1.165) is 30.4 Å². The lowest BCUT2D eigenvalue weighted by atomic mass is 9.39. The summed E-state index contributed by atoms with van der Waals surface area (Å²) in [5, 5.41) is 72.3. The first-order valence-corrected chi connectivity index (χ1v) is 25.9. The highest BCUT2D eigenvalue weighted by Gasteiger charge is 2.77. The first-order valence-electron chi connectivity index (χ1n) is 23.4. The van der Waals surface area contributed by atoms with E-state index in [1.807, 2.05) is 11.0 Å². The molecule has 6 aliphatic carbocycles. The molecule has 3 spiro atoms. The number of epoxide rings is 1. The van der Waals surface area contributed by atoms with Crippen LogP contribution in [0.4, 0.5) is 5.69 Å². The molecular weight excluding hydrogens is 811 g/mol. The quantitative estimate of drug-likeness (QED) is 0.113. The van der Waals surface area contributed by atoms with Gasteiger partial charge in [0.1, 0.15) is 17.5 Å². The van der Waals surface area contributed by atoms with Gasteiger partial charge in [0.2, 0.25) is 5.91 Å². The van der Waals surface area contributed by atoms with Crippen LogP contribution in [0.25, 0.3) is 0 Å². The van der Waals surface area contributed by atoms with Gasteiger partial charge in [-0.1, -0.05) is 67.9 Å². The van der Waals surface area contributed by atoms with Crippen molar-refractivity contribution < 1.29 is 45.0 Å². The van der Waals surface area contributed by atoms with E-state index >= 15 is 4.79 Å². The summed E-state index contributed by atoms with van der Waals surface area (Å²) >= 11 is 0. The van der Waals surface area contributed by atoms with Crippen LogP contribution in [0.1, 0.15) is 104 Å². The lowest BCUT2D eigenvalue weighted by Crippen LogP contribution is -2.68. The van der Waals surface area contributed by atoms with Gasteiger partial charge >= 0.3 is 0 Å². The molecule has 0 radical (unpaired) electrons. The summed E-state index contributed by atoms with van der Waals surface area (Å²) in [4.78, 5) is 32.1. The number of fused-ring (bicyclic) bond motifs is 1. The fourth-order valence-corrected chi connectivity index (χ4v) is 19.0. The van der Waals surface area contributed by atoms with Gasteiger partial charge in [-0.2, -0.15) is 0 Å². The van der Waals surface area contributed by atoms with Crippen LogP contribution in [-0.2, 0) is 20.7 Å². The van der Waals surface area contributed by atoms with Crippen molar-refractivity contribution in [3.63, 3.8) is 0 Å². The number of aryl methyl sites for hydroxylation is 1. The van der Waals surface area contributed by atoms with Crippen molar-refractivity contribution in [2.45, 2.75) is 140 Å². The van der Waals surface area contributed by atoms with Crippen molar-refractivity contribution in [3.05, 3.63) is 47.6 Å². The molecule has 5 aliphatic heterocycles. The van der Waals surface area contributed by atoms with Crippen molar-refractivity contribution in [1.29, 1.82) is 0 Å². The van der Waals surface area contributed by atoms with Crippen LogP contribution in [0, 0.1) is 63.1 Å². The Labute approximate surface area is 368 Å². The van der Waals surface area contributed by atoms with E-state index in [4.69, 9.17) is 4.74 Å². The summed E-state index contributed by atoms with van der Waals surface area (Å²) < 4.78 is 6.48. The van der Waals surface area contributed by atoms with Gasteiger partial charge in [-0.05, 0) is 141 Å². The average Bonchev–Trinajstić information content (AvgIpc) is 3.90. The third-order valence-corrected chi connectivity index (χ3v) is 22.0. The second kappa shape index (κ2) is 14.8. The number of allylic oxidation sites excluding steroid dienone is 2.